The van der Waals surface area contributed by atoms with Crippen molar-refractivity contribution in [3.63, 3.8) is 0 Å². The van der Waals surface area contributed by atoms with Gasteiger partial charge in [-0.3, -0.25) is 0 Å². The minimum Gasteiger partial charge on any atom is -0.495 e. The number of unbranched alkanes of at least 4 members (excludes halogenated alkanes) is 1. The third-order valence-corrected chi connectivity index (χ3v) is 8.08. The molecule has 0 saturated heterocycles. The Morgan fingerprint density at radius 1 is 1.12 bits per heavy atom. The lowest BCUT2D eigenvalue weighted by Gasteiger charge is -2.43. The van der Waals surface area contributed by atoms with E-state index in [2.05, 4.69) is 76.2 Å². The van der Waals surface area contributed by atoms with Crippen LogP contribution in [0.15, 0.2) is 18.2 Å². The molecule has 0 amide bonds. The zero-order valence-electron chi connectivity index (χ0n) is 22.2. The summed E-state index contributed by atoms with van der Waals surface area (Å²) in [5.74, 6) is 0.709. The van der Waals surface area contributed by atoms with Crippen LogP contribution in [0, 0.1) is 11.3 Å². The number of rotatable bonds is 13. The van der Waals surface area contributed by atoms with Crippen molar-refractivity contribution >= 4 is 25.5 Å². The molecule has 1 atom stereocenters. The maximum Gasteiger partial charge on any atom is 0.259 e. The lowest BCUT2D eigenvalue weighted by Crippen LogP contribution is -2.45. The number of nitrogens with zero attached hydrogens (tertiary/aromatic N) is 3. The highest BCUT2D eigenvalue weighted by Crippen LogP contribution is 2.46. The maximum absolute atomic E-state index is 8.88. The molecule has 0 fully saturated rings. The number of nitrogens with two attached hydrogens (primary N) is 1. The predicted octanol–water partition coefficient (Wildman–Crippen LogP) is 6.35. The summed E-state index contributed by atoms with van der Waals surface area (Å²) in [6.45, 7) is 17.1. The van der Waals surface area contributed by atoms with Gasteiger partial charge < -0.3 is 24.4 Å². The average Bonchev–Trinajstić information content (AvgIpc) is 2.74. The number of fused-ring (bicyclic) bond motifs is 1. The van der Waals surface area contributed by atoms with Gasteiger partial charge in [-0.15, -0.1) is 0 Å². The number of hydrogen-bond donors (Lipinski definition) is 1. The van der Waals surface area contributed by atoms with E-state index >= 15 is 0 Å². The van der Waals surface area contributed by atoms with Crippen LogP contribution < -0.4 is 15.4 Å². The Bertz CT molecular complexity index is 872. The van der Waals surface area contributed by atoms with Gasteiger partial charge in [0.05, 0.1) is 44.0 Å². The molecule has 0 spiro atoms. The van der Waals surface area contributed by atoms with Crippen molar-refractivity contribution < 1.29 is 13.8 Å². The van der Waals surface area contributed by atoms with Crippen LogP contribution in [0.25, 0.3) is 5.57 Å². The minimum atomic E-state index is -1.19. The van der Waals surface area contributed by atoms with Crippen molar-refractivity contribution in [3.05, 3.63) is 23.8 Å². The van der Waals surface area contributed by atoms with Gasteiger partial charge >= 0.3 is 0 Å². The first-order valence-corrected chi connectivity index (χ1v) is 13.3. The van der Waals surface area contributed by atoms with E-state index in [0.717, 1.165) is 30.6 Å². The molecule has 8 heteroatoms. The monoisotopic (exact) mass is 490 g/mol. The largest absolute Gasteiger partial charge is 0.495 e. The number of ether oxygens (including phenoxy) is 1. The number of allylic oxidation sites excluding steroid dienone is 1. The van der Waals surface area contributed by atoms with Gasteiger partial charge in [-0.05, 0) is 72.9 Å². The molecular formula is C26H43N4O3P. The third kappa shape index (κ3) is 7.09. The van der Waals surface area contributed by atoms with Gasteiger partial charge in [0.1, 0.15) is 5.75 Å². The Morgan fingerprint density at radius 2 is 1.76 bits per heavy atom. The summed E-state index contributed by atoms with van der Waals surface area (Å²) < 4.78 is 20.0. The lowest BCUT2D eigenvalue weighted by molar-refractivity contribution is 0.174. The molecule has 190 valence electrons. The topological polar surface area (TPSA) is 84.0 Å². The van der Waals surface area contributed by atoms with E-state index in [4.69, 9.17) is 24.8 Å². The van der Waals surface area contributed by atoms with Gasteiger partial charge in [0.2, 0.25) is 0 Å². The van der Waals surface area contributed by atoms with Crippen molar-refractivity contribution in [2.75, 3.05) is 37.5 Å². The smallest absolute Gasteiger partial charge is 0.259 e. The van der Waals surface area contributed by atoms with E-state index in [-0.39, 0.29) is 5.54 Å². The van der Waals surface area contributed by atoms with Gasteiger partial charge in [-0.1, -0.05) is 6.08 Å². The number of methoxy groups -OCH3 is 1. The summed E-state index contributed by atoms with van der Waals surface area (Å²) in [4.78, 5) is 2.43. The molecule has 0 aromatic heterocycles. The molecular weight excluding hydrogens is 447 g/mol. The van der Waals surface area contributed by atoms with Gasteiger partial charge in [-0.2, -0.15) is 5.26 Å². The van der Waals surface area contributed by atoms with E-state index in [1.807, 2.05) is 6.07 Å². The summed E-state index contributed by atoms with van der Waals surface area (Å²) in [6.07, 6.45) is 4.58. The fraction of sp³-hybridized carbons (Fsp3) is 0.654. The predicted molar refractivity (Wildman–Crippen MR) is 143 cm³/mol. The third-order valence-electron chi connectivity index (χ3n) is 5.97. The average molecular weight is 491 g/mol. The van der Waals surface area contributed by atoms with E-state index in [1.54, 1.807) is 7.11 Å². The highest BCUT2D eigenvalue weighted by molar-refractivity contribution is 7.44. The number of nitrogen functional groups attached to an aromatic ring is 1. The molecule has 34 heavy (non-hydrogen) atoms. The molecule has 0 saturated carbocycles. The molecule has 1 aliphatic heterocycles. The van der Waals surface area contributed by atoms with E-state index in [0.29, 0.717) is 43.2 Å². The Kier molecular flexibility index (Phi) is 10.6. The van der Waals surface area contributed by atoms with Crippen LogP contribution in [-0.4, -0.2) is 49.2 Å². The first-order chi connectivity index (χ1) is 16.0. The van der Waals surface area contributed by atoms with Crippen molar-refractivity contribution in [2.45, 2.75) is 85.4 Å². The van der Waals surface area contributed by atoms with E-state index < -0.39 is 8.53 Å². The molecule has 2 rings (SSSR count). The fourth-order valence-electron chi connectivity index (χ4n) is 4.53. The van der Waals surface area contributed by atoms with Crippen molar-refractivity contribution in [3.8, 4) is 11.8 Å². The zero-order valence-corrected chi connectivity index (χ0v) is 23.1. The van der Waals surface area contributed by atoms with Crippen LogP contribution in [0.2, 0.25) is 0 Å². The quantitative estimate of drug-likeness (QED) is 0.196. The number of nitriles is 1. The highest BCUT2D eigenvalue weighted by atomic mass is 31.2. The number of benzene rings is 1. The fourth-order valence-corrected chi connectivity index (χ4v) is 6.16. The van der Waals surface area contributed by atoms with Crippen molar-refractivity contribution in [1.82, 2.24) is 4.67 Å². The Hall–Kier alpha value is -1.84. The SMILES string of the molecule is COc1cc2c(cc1N)C(C)=CC(C)(C)N2CCCCOP(OCCC#N)N(C(C)C)C(C)C. The van der Waals surface area contributed by atoms with E-state index in [9.17, 15) is 0 Å². The molecule has 0 radical (unpaired) electrons. The van der Waals surface area contributed by atoms with Crippen LogP contribution in [0.4, 0.5) is 11.4 Å². The second-order valence-electron chi connectivity index (χ2n) is 9.83. The van der Waals surface area contributed by atoms with Crippen LogP contribution in [-0.2, 0) is 9.05 Å². The second-order valence-corrected chi connectivity index (χ2v) is 11.3. The zero-order chi connectivity index (χ0) is 25.5. The molecule has 1 aromatic rings. The van der Waals surface area contributed by atoms with Gasteiger partial charge in [0, 0.05) is 35.9 Å². The summed E-state index contributed by atoms with van der Waals surface area (Å²) in [5.41, 5.74) is 10.3. The Morgan fingerprint density at radius 3 is 2.35 bits per heavy atom. The molecule has 1 unspecified atom stereocenters. The molecule has 1 heterocycles. The van der Waals surface area contributed by atoms with Gasteiger partial charge in [0.25, 0.3) is 8.53 Å². The molecule has 7 nitrogen and oxygen atoms in total. The summed E-state index contributed by atoms with van der Waals surface area (Å²) in [6, 6.07) is 6.83. The number of anilines is 2. The Balaban J connectivity index is 2.04. The molecule has 1 aliphatic rings. The highest BCUT2D eigenvalue weighted by Gasteiger charge is 2.32. The number of hydrogen-bond acceptors (Lipinski definition) is 7. The van der Waals surface area contributed by atoms with Crippen LogP contribution >= 0.6 is 8.53 Å². The summed E-state index contributed by atoms with van der Waals surface area (Å²) >= 11 is 0. The van der Waals surface area contributed by atoms with Crippen molar-refractivity contribution in [1.29, 1.82) is 5.26 Å². The second kappa shape index (κ2) is 12.7. The Labute approximate surface area is 207 Å². The first kappa shape index (κ1) is 28.4. The molecule has 0 bridgehead atoms. The summed E-state index contributed by atoms with van der Waals surface area (Å²) in [7, 11) is 0.463. The molecule has 2 N–H and O–H groups in total. The first-order valence-electron chi connectivity index (χ1n) is 12.2. The lowest BCUT2D eigenvalue weighted by atomic mass is 9.88. The van der Waals surface area contributed by atoms with Gasteiger partial charge in [0.15, 0.2) is 0 Å². The minimum absolute atomic E-state index is 0.113. The maximum atomic E-state index is 8.88. The van der Waals surface area contributed by atoms with Crippen LogP contribution in [0.3, 0.4) is 0 Å². The summed E-state index contributed by atoms with van der Waals surface area (Å²) in [5, 5.41) is 8.88. The molecule has 1 aromatic carbocycles. The van der Waals surface area contributed by atoms with Crippen LogP contribution in [0.5, 0.6) is 5.75 Å². The van der Waals surface area contributed by atoms with Crippen LogP contribution in [0.1, 0.15) is 73.3 Å². The molecule has 0 aliphatic carbocycles. The van der Waals surface area contributed by atoms with Gasteiger partial charge in [-0.25, -0.2) is 4.67 Å². The van der Waals surface area contributed by atoms with Crippen molar-refractivity contribution in [2.24, 2.45) is 0 Å². The standard InChI is InChI=1S/C26H43N4O3P/c1-19(2)30(20(3)4)34(33-15-11-12-27)32-14-10-9-13-29-24-17-25(31-8)23(28)16-22(24)21(5)18-26(29,6)7/h16-20H,9-11,13-15,28H2,1-8H3. The normalized spacial score (nSPS) is 15.9. The van der Waals surface area contributed by atoms with E-state index in [1.165, 1.54) is 5.57 Å².